The summed E-state index contributed by atoms with van der Waals surface area (Å²) in [6.45, 7) is 0.188. The molecule has 3 aromatic carbocycles. The maximum absolute atomic E-state index is 12.7. The summed E-state index contributed by atoms with van der Waals surface area (Å²) < 4.78 is 7.42. The highest BCUT2D eigenvalue weighted by molar-refractivity contribution is 7.99. The van der Waals surface area contributed by atoms with Gasteiger partial charge >= 0.3 is 0 Å². The Bertz CT molecular complexity index is 1510. The molecule has 178 valence electrons. The number of carbonyl (C=O) groups is 2. The van der Waals surface area contributed by atoms with Crippen LogP contribution in [0.1, 0.15) is 32.1 Å². The van der Waals surface area contributed by atoms with Crippen LogP contribution in [0, 0.1) is 10.1 Å². The van der Waals surface area contributed by atoms with Crippen molar-refractivity contribution < 1.29 is 19.2 Å². The summed E-state index contributed by atoms with van der Waals surface area (Å²) >= 11 is 1.09. The second kappa shape index (κ2) is 9.59. The summed E-state index contributed by atoms with van der Waals surface area (Å²) in [6.07, 6.45) is 1.40. The van der Waals surface area contributed by atoms with Crippen LogP contribution in [0.2, 0.25) is 0 Å². The highest BCUT2D eigenvalue weighted by atomic mass is 32.2. The molecule has 0 unspecified atom stereocenters. The number of hydrogen-bond donors (Lipinski definition) is 0. The first-order valence-electron chi connectivity index (χ1n) is 10.8. The Morgan fingerprint density at radius 1 is 0.972 bits per heavy atom. The number of nitro benzene ring substituents is 1. The van der Waals surface area contributed by atoms with Gasteiger partial charge in [0, 0.05) is 24.2 Å². The topological polar surface area (TPSA) is 117 Å². The van der Waals surface area contributed by atoms with Crippen LogP contribution in [0.3, 0.4) is 0 Å². The quantitative estimate of drug-likeness (QED) is 0.153. The van der Waals surface area contributed by atoms with Crippen LogP contribution < -0.4 is 4.74 Å². The highest BCUT2D eigenvalue weighted by Crippen LogP contribution is 2.36. The Hall–Kier alpha value is -4.57. The number of ketones is 2. The van der Waals surface area contributed by atoms with Gasteiger partial charge in [-0.2, -0.15) is 0 Å². The maximum atomic E-state index is 12.7. The van der Waals surface area contributed by atoms with Crippen LogP contribution in [-0.4, -0.2) is 31.3 Å². The first-order chi connectivity index (χ1) is 17.4. The fourth-order valence-corrected chi connectivity index (χ4v) is 4.64. The number of nitrogens with zero attached hydrogens (tertiary/aromatic N) is 4. The molecule has 0 bridgehead atoms. The minimum Gasteiger partial charge on any atom is -0.486 e. The average molecular weight is 499 g/mol. The van der Waals surface area contributed by atoms with E-state index in [0.29, 0.717) is 38.3 Å². The van der Waals surface area contributed by atoms with E-state index in [2.05, 4.69) is 10.2 Å². The second-order valence-electron chi connectivity index (χ2n) is 7.91. The van der Waals surface area contributed by atoms with Gasteiger partial charge in [-0.1, -0.05) is 48.5 Å². The summed E-state index contributed by atoms with van der Waals surface area (Å²) in [4.78, 5) is 37.0. The molecule has 0 amide bonds. The maximum Gasteiger partial charge on any atom is 0.283 e. The number of hydrogen-bond acceptors (Lipinski definition) is 8. The average Bonchev–Trinajstić information content (AvgIpc) is 3.36. The monoisotopic (exact) mass is 498 g/mol. The van der Waals surface area contributed by atoms with Gasteiger partial charge in [0.2, 0.25) is 0 Å². The zero-order valence-electron chi connectivity index (χ0n) is 19.0. The smallest absolute Gasteiger partial charge is 0.283 e. The van der Waals surface area contributed by atoms with E-state index in [0.717, 1.165) is 11.8 Å². The number of allylic oxidation sites excluding steroid dienone is 1. The number of nitro groups is 1. The highest BCUT2D eigenvalue weighted by Gasteiger charge is 2.32. The summed E-state index contributed by atoms with van der Waals surface area (Å²) in [6, 6.07) is 20.4. The van der Waals surface area contributed by atoms with E-state index in [1.165, 1.54) is 12.1 Å². The van der Waals surface area contributed by atoms with Crippen molar-refractivity contribution in [3.8, 4) is 5.75 Å². The Balaban J connectivity index is 1.38. The molecule has 5 rings (SSSR count). The van der Waals surface area contributed by atoms with Crippen molar-refractivity contribution >= 4 is 35.1 Å². The number of carbonyl (C=O) groups excluding carboxylic acids is 2. The molecule has 0 saturated heterocycles. The molecule has 1 heterocycles. The number of ether oxygens (including phenoxy) is 1. The normalized spacial score (nSPS) is 12.5. The van der Waals surface area contributed by atoms with E-state index in [9.17, 15) is 19.7 Å². The Labute approximate surface area is 209 Å². The second-order valence-corrected chi connectivity index (χ2v) is 8.92. The van der Waals surface area contributed by atoms with Gasteiger partial charge in [0.05, 0.1) is 15.4 Å². The molecule has 0 saturated carbocycles. The van der Waals surface area contributed by atoms with Gasteiger partial charge in [0.1, 0.15) is 12.4 Å². The largest absolute Gasteiger partial charge is 0.486 e. The molecule has 10 heteroatoms. The minimum absolute atomic E-state index is 0.0118. The lowest BCUT2D eigenvalue weighted by Crippen LogP contribution is -2.04. The standard InChI is InChI=1S/C26H18N4O5S/c1-29-23(15-35-17-7-3-2-4-8-17)27-28-26(29)36-22-12-11-16(14-21(22)30(33)34)13-20-24(31)18-9-5-6-10-19(18)25(20)32/h2-14H,15H2,1H3. The van der Waals surface area contributed by atoms with Crippen LogP contribution in [-0.2, 0) is 13.7 Å². The van der Waals surface area contributed by atoms with Gasteiger partial charge in [0.15, 0.2) is 22.5 Å². The molecule has 1 aromatic heterocycles. The SMILES string of the molecule is Cn1c(COc2ccccc2)nnc1Sc1ccc(C=C2C(=O)c3ccccc3C2=O)cc1[N+](=O)[O-]. The minimum atomic E-state index is -0.507. The van der Waals surface area contributed by atoms with Crippen molar-refractivity contribution in [2.75, 3.05) is 0 Å². The molecule has 0 spiro atoms. The van der Waals surface area contributed by atoms with Crippen LogP contribution in [0.15, 0.2) is 88.4 Å². The van der Waals surface area contributed by atoms with Crippen molar-refractivity contribution in [2.24, 2.45) is 7.05 Å². The summed E-state index contributed by atoms with van der Waals surface area (Å²) in [7, 11) is 1.76. The molecular formula is C26H18N4O5S. The number of aromatic nitrogens is 3. The van der Waals surface area contributed by atoms with Gasteiger partial charge in [-0.3, -0.25) is 19.7 Å². The van der Waals surface area contributed by atoms with E-state index >= 15 is 0 Å². The molecule has 0 atom stereocenters. The molecule has 9 nitrogen and oxygen atoms in total. The molecule has 1 aliphatic rings. The first-order valence-corrected chi connectivity index (χ1v) is 11.7. The van der Waals surface area contributed by atoms with E-state index in [-0.39, 0.29) is 29.4 Å². The lowest BCUT2D eigenvalue weighted by atomic mass is 10.1. The molecule has 0 fully saturated rings. The number of benzene rings is 3. The molecule has 36 heavy (non-hydrogen) atoms. The first kappa shape index (κ1) is 23.2. The molecule has 1 aliphatic carbocycles. The van der Waals surface area contributed by atoms with Crippen molar-refractivity contribution in [3.63, 3.8) is 0 Å². The zero-order valence-corrected chi connectivity index (χ0v) is 19.8. The predicted octanol–water partition coefficient (Wildman–Crippen LogP) is 4.92. The van der Waals surface area contributed by atoms with Crippen molar-refractivity contribution in [3.05, 3.63) is 111 Å². The molecule has 0 N–H and O–H groups in total. The van der Waals surface area contributed by atoms with Crippen molar-refractivity contribution in [1.82, 2.24) is 14.8 Å². The third-order valence-corrected chi connectivity index (χ3v) is 6.74. The molecule has 4 aromatic rings. The van der Waals surface area contributed by atoms with Gasteiger partial charge in [-0.25, -0.2) is 0 Å². The fourth-order valence-electron chi connectivity index (χ4n) is 3.75. The number of rotatable bonds is 7. The summed E-state index contributed by atoms with van der Waals surface area (Å²) in [5, 5.41) is 20.6. The van der Waals surface area contributed by atoms with Gasteiger partial charge in [0.25, 0.3) is 5.69 Å². The molecule has 0 aliphatic heterocycles. The van der Waals surface area contributed by atoms with Crippen molar-refractivity contribution in [2.45, 2.75) is 16.7 Å². The zero-order chi connectivity index (χ0) is 25.2. The van der Waals surface area contributed by atoms with Crippen LogP contribution in [0.4, 0.5) is 5.69 Å². The van der Waals surface area contributed by atoms with E-state index in [4.69, 9.17) is 4.74 Å². The predicted molar refractivity (Wildman–Crippen MR) is 132 cm³/mol. The number of Topliss-reactive ketones (excluding diaryl/α,β-unsaturated/α-hetero) is 2. The van der Waals surface area contributed by atoms with Crippen LogP contribution in [0.5, 0.6) is 5.75 Å². The summed E-state index contributed by atoms with van der Waals surface area (Å²) in [5.41, 5.74) is 0.872. The van der Waals surface area contributed by atoms with Crippen LogP contribution in [0.25, 0.3) is 6.08 Å². The Morgan fingerprint density at radius 2 is 1.64 bits per heavy atom. The Kier molecular flexibility index (Phi) is 6.17. The lowest BCUT2D eigenvalue weighted by Gasteiger charge is -2.07. The number of fused-ring (bicyclic) bond motifs is 1. The third-order valence-electron chi connectivity index (χ3n) is 5.63. The summed E-state index contributed by atoms with van der Waals surface area (Å²) in [5.74, 6) is 0.475. The van der Waals surface area contributed by atoms with Crippen LogP contribution >= 0.6 is 11.8 Å². The van der Waals surface area contributed by atoms with E-state index in [1.54, 1.807) is 48.0 Å². The fraction of sp³-hybridized carbons (Fsp3) is 0.0769. The Morgan fingerprint density at radius 3 is 2.31 bits per heavy atom. The van der Waals surface area contributed by atoms with Gasteiger partial charge in [-0.05, 0) is 41.6 Å². The third kappa shape index (κ3) is 4.41. The molecular weight excluding hydrogens is 480 g/mol. The van der Waals surface area contributed by atoms with Gasteiger partial charge in [-0.15, -0.1) is 10.2 Å². The molecule has 0 radical (unpaired) electrons. The van der Waals surface area contributed by atoms with E-state index < -0.39 is 4.92 Å². The number of para-hydroxylation sites is 1. The van der Waals surface area contributed by atoms with Crippen molar-refractivity contribution in [1.29, 1.82) is 0 Å². The van der Waals surface area contributed by atoms with E-state index in [1.807, 2.05) is 30.3 Å². The lowest BCUT2D eigenvalue weighted by molar-refractivity contribution is -0.387. The van der Waals surface area contributed by atoms with Gasteiger partial charge < -0.3 is 9.30 Å².